The molecule has 0 heterocycles. The average Bonchev–Trinajstić information content (AvgIpc) is 2.36. The second-order valence-corrected chi connectivity index (χ2v) is 4.33. The topological polar surface area (TPSA) is 41.1 Å². The summed E-state index contributed by atoms with van der Waals surface area (Å²) < 4.78 is 12.9. The maximum atomic E-state index is 12.9. The molecule has 100 valence electrons. The third-order valence-corrected chi connectivity index (χ3v) is 2.92. The molecule has 0 spiro atoms. The van der Waals surface area contributed by atoms with Gasteiger partial charge in [-0.05, 0) is 37.6 Å². The molecule has 1 aromatic rings. The fourth-order valence-electron chi connectivity index (χ4n) is 1.84. The largest absolute Gasteiger partial charge is 0.355 e. The van der Waals surface area contributed by atoms with Crippen molar-refractivity contribution in [3.8, 4) is 0 Å². The summed E-state index contributed by atoms with van der Waals surface area (Å²) in [5.74, 6) is -0.175. The minimum absolute atomic E-state index is 0.00232. The van der Waals surface area contributed by atoms with Crippen LogP contribution in [0, 0.1) is 11.7 Å². The van der Waals surface area contributed by atoms with E-state index >= 15 is 0 Å². The molecule has 0 saturated heterocycles. The van der Waals surface area contributed by atoms with Crippen LogP contribution in [0.3, 0.4) is 0 Å². The summed E-state index contributed by atoms with van der Waals surface area (Å²) >= 11 is 0. The highest BCUT2D eigenvalue weighted by molar-refractivity contribution is 5.78. The van der Waals surface area contributed by atoms with Gasteiger partial charge in [0.2, 0.25) is 5.91 Å². The van der Waals surface area contributed by atoms with Crippen LogP contribution in [0.25, 0.3) is 0 Å². The fraction of sp³-hybridized carbons (Fsp3) is 0.500. The average molecular weight is 252 g/mol. The Kier molecular flexibility index (Phi) is 6.36. The second-order valence-electron chi connectivity index (χ2n) is 4.33. The van der Waals surface area contributed by atoms with Crippen molar-refractivity contribution < 1.29 is 9.18 Å². The smallest absolute Gasteiger partial charge is 0.224 e. The third kappa shape index (κ3) is 4.84. The van der Waals surface area contributed by atoms with Gasteiger partial charge >= 0.3 is 0 Å². The van der Waals surface area contributed by atoms with Gasteiger partial charge in [0, 0.05) is 13.1 Å². The number of carbonyl (C=O) groups excluding carboxylic acids is 1. The number of amides is 1. The molecule has 0 aromatic heterocycles. The number of halogens is 1. The van der Waals surface area contributed by atoms with Gasteiger partial charge in [-0.25, -0.2) is 4.39 Å². The van der Waals surface area contributed by atoms with Gasteiger partial charge < -0.3 is 10.6 Å². The first kappa shape index (κ1) is 14.6. The fourth-order valence-corrected chi connectivity index (χ4v) is 1.84. The molecule has 3 nitrogen and oxygen atoms in total. The van der Waals surface area contributed by atoms with Crippen LogP contribution >= 0.6 is 0 Å². The molecule has 0 bridgehead atoms. The molecule has 0 radical (unpaired) electrons. The van der Waals surface area contributed by atoms with Crippen LogP contribution in [-0.2, 0) is 11.2 Å². The Bertz CT molecular complexity index is 382. The highest BCUT2D eigenvalue weighted by Gasteiger charge is 2.14. The molecular weight excluding hydrogens is 231 g/mol. The molecule has 0 aliphatic rings. The van der Waals surface area contributed by atoms with Crippen molar-refractivity contribution in [3.05, 3.63) is 35.6 Å². The molecule has 0 aliphatic heterocycles. The lowest BCUT2D eigenvalue weighted by molar-refractivity contribution is -0.124. The van der Waals surface area contributed by atoms with Crippen molar-refractivity contribution >= 4 is 5.91 Å². The minimum atomic E-state index is -0.236. The lowest BCUT2D eigenvalue weighted by Crippen LogP contribution is -2.36. The molecule has 1 amide bonds. The summed E-state index contributed by atoms with van der Waals surface area (Å²) in [5, 5.41) is 5.89. The van der Waals surface area contributed by atoms with E-state index in [1.165, 1.54) is 12.1 Å². The first-order valence-electron chi connectivity index (χ1n) is 6.34. The molecule has 1 unspecified atom stereocenters. The lowest BCUT2D eigenvalue weighted by Gasteiger charge is -2.14. The maximum Gasteiger partial charge on any atom is 0.224 e. The predicted molar refractivity (Wildman–Crippen MR) is 70.8 cm³/mol. The van der Waals surface area contributed by atoms with Gasteiger partial charge in [-0.15, -0.1) is 0 Å². The second kappa shape index (κ2) is 7.82. The van der Waals surface area contributed by atoms with E-state index in [2.05, 4.69) is 10.6 Å². The number of nitrogens with one attached hydrogen (secondary N) is 2. The Morgan fingerprint density at radius 2 is 2.22 bits per heavy atom. The van der Waals surface area contributed by atoms with E-state index < -0.39 is 0 Å². The number of hydrogen-bond donors (Lipinski definition) is 2. The Hall–Kier alpha value is -1.42. The number of benzene rings is 1. The van der Waals surface area contributed by atoms with E-state index in [4.69, 9.17) is 0 Å². The van der Waals surface area contributed by atoms with Gasteiger partial charge in [0.1, 0.15) is 5.82 Å². The number of hydrogen-bond acceptors (Lipinski definition) is 2. The van der Waals surface area contributed by atoms with Crippen molar-refractivity contribution in [3.63, 3.8) is 0 Å². The van der Waals surface area contributed by atoms with Crippen LogP contribution in [-0.4, -0.2) is 26.0 Å². The van der Waals surface area contributed by atoms with Crippen molar-refractivity contribution in [2.75, 3.05) is 20.1 Å². The van der Waals surface area contributed by atoms with E-state index in [0.717, 1.165) is 12.0 Å². The van der Waals surface area contributed by atoms with Crippen LogP contribution in [0.4, 0.5) is 4.39 Å². The van der Waals surface area contributed by atoms with Crippen molar-refractivity contribution in [2.45, 2.75) is 19.8 Å². The van der Waals surface area contributed by atoms with Gasteiger partial charge in [0.05, 0.1) is 5.92 Å². The van der Waals surface area contributed by atoms with Crippen molar-refractivity contribution in [2.24, 2.45) is 5.92 Å². The third-order valence-electron chi connectivity index (χ3n) is 2.92. The van der Waals surface area contributed by atoms with E-state index in [1.54, 1.807) is 6.07 Å². The summed E-state index contributed by atoms with van der Waals surface area (Å²) in [6, 6.07) is 6.46. The minimum Gasteiger partial charge on any atom is -0.355 e. The van der Waals surface area contributed by atoms with Crippen LogP contribution in [0.2, 0.25) is 0 Å². The van der Waals surface area contributed by atoms with Crippen LogP contribution in [0.15, 0.2) is 24.3 Å². The predicted octanol–water partition coefficient (Wildman–Crippen LogP) is 1.73. The highest BCUT2D eigenvalue weighted by Crippen LogP contribution is 2.04. The molecule has 1 aromatic carbocycles. The van der Waals surface area contributed by atoms with E-state index in [-0.39, 0.29) is 17.6 Å². The monoisotopic (exact) mass is 252 g/mol. The van der Waals surface area contributed by atoms with E-state index in [0.29, 0.717) is 19.5 Å². The first-order chi connectivity index (χ1) is 8.67. The summed E-state index contributed by atoms with van der Waals surface area (Å²) in [7, 11) is 1.84. The van der Waals surface area contributed by atoms with Crippen LogP contribution < -0.4 is 10.6 Å². The molecular formula is C14H21FN2O. The zero-order chi connectivity index (χ0) is 13.4. The van der Waals surface area contributed by atoms with E-state index in [9.17, 15) is 9.18 Å². The Morgan fingerprint density at radius 3 is 2.83 bits per heavy atom. The van der Waals surface area contributed by atoms with Crippen molar-refractivity contribution in [1.29, 1.82) is 0 Å². The van der Waals surface area contributed by atoms with Gasteiger partial charge in [0.25, 0.3) is 0 Å². The number of rotatable bonds is 7. The van der Waals surface area contributed by atoms with Crippen molar-refractivity contribution in [1.82, 2.24) is 10.6 Å². The van der Waals surface area contributed by atoms with Gasteiger partial charge in [-0.1, -0.05) is 19.1 Å². The zero-order valence-corrected chi connectivity index (χ0v) is 11.0. The molecule has 2 N–H and O–H groups in total. The molecule has 1 rings (SSSR count). The first-order valence-corrected chi connectivity index (χ1v) is 6.34. The normalized spacial score (nSPS) is 12.2. The summed E-state index contributed by atoms with van der Waals surface area (Å²) in [6.07, 6.45) is 1.46. The Morgan fingerprint density at radius 1 is 1.44 bits per heavy atom. The zero-order valence-electron chi connectivity index (χ0n) is 11.0. The SMILES string of the molecule is CCC(CNC)C(=O)NCCc1cccc(F)c1. The van der Waals surface area contributed by atoms with Gasteiger partial charge in [-0.2, -0.15) is 0 Å². The standard InChI is InChI=1S/C14H21FN2O/c1-3-12(10-16-2)14(18)17-8-7-11-5-4-6-13(15)9-11/h4-6,9,12,16H,3,7-8,10H2,1-2H3,(H,17,18). The molecule has 4 heteroatoms. The van der Waals surface area contributed by atoms with E-state index in [1.807, 2.05) is 20.0 Å². The molecule has 18 heavy (non-hydrogen) atoms. The summed E-state index contributed by atoms with van der Waals surface area (Å²) in [4.78, 5) is 11.8. The van der Waals surface area contributed by atoms with Crippen LogP contribution in [0.1, 0.15) is 18.9 Å². The maximum absolute atomic E-state index is 12.9. The Balaban J connectivity index is 2.35. The highest BCUT2D eigenvalue weighted by atomic mass is 19.1. The molecule has 1 atom stereocenters. The molecule has 0 fully saturated rings. The summed E-state index contributed by atoms with van der Waals surface area (Å²) in [5.41, 5.74) is 0.900. The van der Waals surface area contributed by atoms with Gasteiger partial charge in [-0.3, -0.25) is 4.79 Å². The molecule has 0 saturated carbocycles. The quantitative estimate of drug-likeness (QED) is 0.776. The Labute approximate surface area is 108 Å². The van der Waals surface area contributed by atoms with Gasteiger partial charge in [0.15, 0.2) is 0 Å². The lowest BCUT2D eigenvalue weighted by atomic mass is 10.1. The summed E-state index contributed by atoms with van der Waals surface area (Å²) in [6.45, 7) is 3.22. The molecule has 0 aliphatic carbocycles. The number of carbonyl (C=O) groups is 1. The van der Waals surface area contributed by atoms with Crippen LogP contribution in [0.5, 0.6) is 0 Å².